The van der Waals surface area contributed by atoms with Crippen LogP contribution in [-0.4, -0.2) is 23.8 Å². The van der Waals surface area contributed by atoms with Crippen LogP contribution in [0.2, 0.25) is 0 Å². The van der Waals surface area contributed by atoms with Crippen LogP contribution in [0.1, 0.15) is 6.42 Å². The number of hydrogen-bond acceptors (Lipinski definition) is 6. The molecule has 3 aliphatic rings. The fourth-order valence-electron chi connectivity index (χ4n) is 2.70. The van der Waals surface area contributed by atoms with Gasteiger partial charge in [0.15, 0.2) is 5.90 Å². The first-order chi connectivity index (χ1) is 7.09. The van der Waals surface area contributed by atoms with Crippen LogP contribution in [-0.2, 0) is 23.9 Å². The van der Waals surface area contributed by atoms with Gasteiger partial charge in [-0.05, 0) is 6.42 Å². The first kappa shape index (κ1) is 8.58. The topological polar surface area (TPSA) is 93.5 Å². The molecule has 0 aromatic heterocycles. The zero-order chi connectivity index (χ0) is 10.7. The molecule has 0 unspecified atom stereocenters. The van der Waals surface area contributed by atoms with Crippen molar-refractivity contribution in [1.29, 1.82) is 5.41 Å². The molecule has 2 saturated heterocycles. The Hall–Kier alpha value is -1.72. The quantitative estimate of drug-likeness (QED) is 0.427. The van der Waals surface area contributed by atoms with Crippen LogP contribution in [0.4, 0.5) is 0 Å². The molecule has 0 bridgehead atoms. The van der Waals surface area contributed by atoms with Crippen molar-refractivity contribution in [2.45, 2.75) is 6.42 Å². The summed E-state index contributed by atoms with van der Waals surface area (Å²) in [5.41, 5.74) is 0. The molecule has 6 heteroatoms. The van der Waals surface area contributed by atoms with Crippen LogP contribution in [0.3, 0.4) is 0 Å². The molecule has 0 spiro atoms. The number of cyclic esters (lactones) is 3. The minimum Gasteiger partial charge on any atom is -0.412 e. The summed E-state index contributed by atoms with van der Waals surface area (Å²) in [6.45, 7) is 0. The molecule has 3 fully saturated rings. The lowest BCUT2D eigenvalue weighted by atomic mass is 9.89. The zero-order valence-corrected chi connectivity index (χ0v) is 7.56. The number of fused-ring (bicyclic) bond motifs is 3. The van der Waals surface area contributed by atoms with Crippen LogP contribution in [0.5, 0.6) is 0 Å². The van der Waals surface area contributed by atoms with E-state index < -0.39 is 41.6 Å². The third-order valence-corrected chi connectivity index (χ3v) is 3.35. The van der Waals surface area contributed by atoms with Crippen molar-refractivity contribution in [2.75, 3.05) is 0 Å². The van der Waals surface area contributed by atoms with E-state index in [1.165, 1.54) is 0 Å². The Kier molecular flexibility index (Phi) is 1.40. The second-order valence-corrected chi connectivity index (χ2v) is 4.03. The van der Waals surface area contributed by atoms with E-state index in [0.717, 1.165) is 0 Å². The van der Waals surface area contributed by atoms with Gasteiger partial charge in [0.2, 0.25) is 0 Å². The number of carbonyl (C=O) groups excluding carboxylic acids is 3. The van der Waals surface area contributed by atoms with Crippen molar-refractivity contribution >= 4 is 23.8 Å². The Bertz CT molecular complexity index is 377. The first-order valence-corrected chi connectivity index (χ1v) is 4.65. The second-order valence-electron chi connectivity index (χ2n) is 4.03. The molecule has 1 N–H and O–H groups in total. The molecule has 6 nitrogen and oxygen atoms in total. The molecular weight excluding hydrogens is 202 g/mol. The van der Waals surface area contributed by atoms with Gasteiger partial charge in [0, 0.05) is 0 Å². The molecule has 0 aromatic rings. The molecular formula is C9H7NO5. The number of hydrogen-bond donors (Lipinski definition) is 1. The Labute approximate surface area is 84.0 Å². The van der Waals surface area contributed by atoms with Crippen molar-refractivity contribution in [1.82, 2.24) is 0 Å². The summed E-state index contributed by atoms with van der Waals surface area (Å²) >= 11 is 0. The van der Waals surface area contributed by atoms with E-state index in [9.17, 15) is 14.4 Å². The molecule has 15 heavy (non-hydrogen) atoms. The standard InChI is InChI=1S/C9H7NO5/c10-6-4-2(7(11)14-6)1-3-5(4)9(13)15-8(3)12/h2-5,10H,1H2/t2-,3-,4+,5-/m0/s1. The SMILES string of the molecule is N=C1OC(=O)[C@H]2C[C@@H]3C(=O)OC(=O)[C@@H]3[C@H]12. The van der Waals surface area contributed by atoms with Crippen molar-refractivity contribution in [2.24, 2.45) is 23.7 Å². The number of nitrogens with one attached hydrogen (secondary N) is 1. The Morgan fingerprint density at radius 1 is 0.933 bits per heavy atom. The van der Waals surface area contributed by atoms with Gasteiger partial charge in [-0.15, -0.1) is 0 Å². The van der Waals surface area contributed by atoms with Gasteiger partial charge >= 0.3 is 17.9 Å². The molecule has 78 valence electrons. The highest BCUT2D eigenvalue weighted by atomic mass is 16.6. The van der Waals surface area contributed by atoms with Crippen LogP contribution in [0.15, 0.2) is 0 Å². The van der Waals surface area contributed by atoms with E-state index in [1.54, 1.807) is 0 Å². The molecule has 0 aromatic carbocycles. The number of carbonyl (C=O) groups is 3. The molecule has 1 saturated carbocycles. The lowest BCUT2D eigenvalue weighted by molar-refractivity contribution is -0.154. The summed E-state index contributed by atoms with van der Waals surface area (Å²) in [5, 5.41) is 7.45. The minimum atomic E-state index is -0.679. The average Bonchev–Trinajstić information content (AvgIpc) is 2.72. The lowest BCUT2D eigenvalue weighted by Crippen LogP contribution is -2.24. The number of esters is 3. The molecule has 1 aliphatic carbocycles. The number of rotatable bonds is 0. The van der Waals surface area contributed by atoms with Crippen LogP contribution in [0, 0.1) is 29.1 Å². The Morgan fingerprint density at radius 3 is 2.27 bits per heavy atom. The van der Waals surface area contributed by atoms with Crippen molar-refractivity contribution < 1.29 is 23.9 Å². The normalized spacial score (nSPS) is 42.7. The summed E-state index contributed by atoms with van der Waals surface area (Å²) in [6, 6.07) is 0. The van der Waals surface area contributed by atoms with E-state index in [-0.39, 0.29) is 12.3 Å². The van der Waals surface area contributed by atoms with Gasteiger partial charge in [-0.2, -0.15) is 0 Å². The Balaban J connectivity index is 2.03. The molecule has 2 aliphatic heterocycles. The highest BCUT2D eigenvalue weighted by molar-refractivity contribution is 6.06. The second kappa shape index (κ2) is 2.44. The maximum absolute atomic E-state index is 11.4. The molecule has 0 amide bonds. The summed E-state index contributed by atoms with van der Waals surface area (Å²) < 4.78 is 9.12. The van der Waals surface area contributed by atoms with Gasteiger partial charge in [0.05, 0.1) is 23.7 Å². The Morgan fingerprint density at radius 2 is 1.53 bits per heavy atom. The van der Waals surface area contributed by atoms with Gasteiger partial charge in [-0.25, -0.2) is 0 Å². The third-order valence-electron chi connectivity index (χ3n) is 3.35. The smallest absolute Gasteiger partial charge is 0.318 e. The third kappa shape index (κ3) is 0.886. The highest BCUT2D eigenvalue weighted by Crippen LogP contribution is 2.50. The maximum atomic E-state index is 11.4. The molecule has 4 atom stereocenters. The van der Waals surface area contributed by atoms with E-state index in [0.29, 0.717) is 0 Å². The predicted octanol–water partition coefficient (Wildman–Crippen LogP) is -0.528. The van der Waals surface area contributed by atoms with Gasteiger partial charge in [-0.1, -0.05) is 0 Å². The van der Waals surface area contributed by atoms with Crippen LogP contribution >= 0.6 is 0 Å². The van der Waals surface area contributed by atoms with E-state index in [2.05, 4.69) is 9.47 Å². The predicted molar refractivity (Wildman–Crippen MR) is 43.5 cm³/mol. The van der Waals surface area contributed by atoms with Gasteiger partial charge < -0.3 is 9.47 Å². The highest BCUT2D eigenvalue weighted by Gasteiger charge is 2.63. The summed E-state index contributed by atoms with van der Waals surface area (Å²) in [6.07, 6.45) is 0.265. The monoisotopic (exact) mass is 209 g/mol. The van der Waals surface area contributed by atoms with E-state index >= 15 is 0 Å². The molecule has 0 radical (unpaired) electrons. The average molecular weight is 209 g/mol. The summed E-state index contributed by atoms with van der Waals surface area (Å²) in [5.74, 6) is -4.22. The van der Waals surface area contributed by atoms with Gasteiger partial charge in [0.1, 0.15) is 0 Å². The largest absolute Gasteiger partial charge is 0.412 e. The fraction of sp³-hybridized carbons (Fsp3) is 0.556. The van der Waals surface area contributed by atoms with E-state index in [1.807, 2.05) is 0 Å². The van der Waals surface area contributed by atoms with E-state index in [4.69, 9.17) is 5.41 Å². The fourth-order valence-corrected chi connectivity index (χ4v) is 2.70. The van der Waals surface area contributed by atoms with Crippen LogP contribution in [0.25, 0.3) is 0 Å². The summed E-state index contributed by atoms with van der Waals surface area (Å²) in [7, 11) is 0. The lowest BCUT2D eigenvalue weighted by Gasteiger charge is -2.08. The zero-order valence-electron chi connectivity index (χ0n) is 7.56. The summed E-state index contributed by atoms with van der Waals surface area (Å²) in [4.78, 5) is 33.9. The van der Waals surface area contributed by atoms with Crippen molar-refractivity contribution in [3.05, 3.63) is 0 Å². The van der Waals surface area contributed by atoms with Crippen molar-refractivity contribution in [3.8, 4) is 0 Å². The first-order valence-electron chi connectivity index (χ1n) is 4.65. The molecule has 2 heterocycles. The van der Waals surface area contributed by atoms with Gasteiger partial charge in [0.25, 0.3) is 0 Å². The van der Waals surface area contributed by atoms with Crippen molar-refractivity contribution in [3.63, 3.8) is 0 Å². The maximum Gasteiger partial charge on any atom is 0.318 e. The minimum absolute atomic E-state index is 0.204. The van der Waals surface area contributed by atoms with Gasteiger partial charge in [-0.3, -0.25) is 19.8 Å². The molecule has 3 rings (SSSR count). The number of ether oxygens (including phenoxy) is 2. The van der Waals surface area contributed by atoms with Crippen LogP contribution < -0.4 is 0 Å².